The van der Waals surface area contributed by atoms with Crippen molar-refractivity contribution in [1.29, 1.82) is 0 Å². The number of rotatable bonds is 4. The Hall–Kier alpha value is -2.83. The van der Waals surface area contributed by atoms with Crippen molar-refractivity contribution >= 4 is 11.8 Å². The van der Waals surface area contributed by atoms with E-state index in [1.807, 2.05) is 26.0 Å². The number of hydrogen-bond donors (Lipinski definition) is 3. The summed E-state index contributed by atoms with van der Waals surface area (Å²) in [5.41, 5.74) is 6.91. The number of H-pyrrole nitrogens is 1. The van der Waals surface area contributed by atoms with Crippen molar-refractivity contribution in [3.05, 3.63) is 47.3 Å². The molecule has 1 aromatic carbocycles. The summed E-state index contributed by atoms with van der Waals surface area (Å²) in [6.45, 7) is 5.51. The fraction of sp³-hybridized carbons (Fsp3) is 0.267. The first-order valence-electron chi connectivity index (χ1n) is 6.81. The van der Waals surface area contributed by atoms with Gasteiger partial charge in [-0.3, -0.25) is 25.5 Å². The van der Waals surface area contributed by atoms with Crippen molar-refractivity contribution < 1.29 is 14.3 Å². The molecule has 0 aliphatic heterocycles. The second kappa shape index (κ2) is 6.75. The molecule has 1 aromatic heterocycles. The molecular weight excluding hydrogens is 284 g/mol. The summed E-state index contributed by atoms with van der Waals surface area (Å²) in [6, 6.07) is 7.13. The van der Waals surface area contributed by atoms with Crippen LogP contribution in [0.3, 0.4) is 0 Å². The number of ether oxygens (including phenoxy) is 1. The average molecular weight is 302 g/mol. The summed E-state index contributed by atoms with van der Waals surface area (Å²) in [7, 11) is 0. The zero-order chi connectivity index (χ0) is 16.1. The molecule has 22 heavy (non-hydrogen) atoms. The Bertz CT molecular complexity index is 667. The summed E-state index contributed by atoms with van der Waals surface area (Å²) in [5, 5.41) is 6.15. The van der Waals surface area contributed by atoms with Crippen LogP contribution in [0.25, 0.3) is 0 Å². The lowest BCUT2D eigenvalue weighted by atomic mass is 10.1. The van der Waals surface area contributed by atoms with Gasteiger partial charge in [-0.1, -0.05) is 12.1 Å². The molecule has 0 aliphatic carbocycles. The van der Waals surface area contributed by atoms with Gasteiger partial charge in [0.1, 0.15) is 11.4 Å². The summed E-state index contributed by atoms with van der Waals surface area (Å²) in [4.78, 5) is 23.6. The van der Waals surface area contributed by atoms with Gasteiger partial charge in [-0.25, -0.2) is 0 Å². The Labute approximate surface area is 128 Å². The first kappa shape index (κ1) is 15.6. The molecule has 7 heteroatoms. The normalized spacial score (nSPS) is 11.6. The molecule has 0 radical (unpaired) electrons. The molecule has 0 saturated heterocycles. The first-order valence-corrected chi connectivity index (χ1v) is 6.81. The van der Waals surface area contributed by atoms with Gasteiger partial charge in [0, 0.05) is 6.20 Å². The molecule has 1 atom stereocenters. The average Bonchev–Trinajstić information content (AvgIpc) is 3.03. The van der Waals surface area contributed by atoms with Crippen LogP contribution in [-0.2, 0) is 4.79 Å². The smallest absolute Gasteiger partial charge is 0.287 e. The summed E-state index contributed by atoms with van der Waals surface area (Å²) < 4.78 is 5.63. The lowest BCUT2D eigenvalue weighted by Gasteiger charge is -2.17. The van der Waals surface area contributed by atoms with Gasteiger partial charge in [0.25, 0.3) is 11.8 Å². The molecule has 0 fully saturated rings. The number of aromatic amines is 1. The molecule has 2 rings (SSSR count). The maximum absolute atomic E-state index is 11.9. The van der Waals surface area contributed by atoms with E-state index in [-0.39, 0.29) is 5.69 Å². The van der Waals surface area contributed by atoms with E-state index in [9.17, 15) is 9.59 Å². The predicted octanol–water partition coefficient (Wildman–Crippen LogP) is 1.26. The van der Waals surface area contributed by atoms with Gasteiger partial charge in [0.05, 0.1) is 0 Å². The highest BCUT2D eigenvalue weighted by Gasteiger charge is 2.17. The van der Waals surface area contributed by atoms with Gasteiger partial charge in [0.15, 0.2) is 6.10 Å². The largest absolute Gasteiger partial charge is 0.481 e. The van der Waals surface area contributed by atoms with Gasteiger partial charge in [-0.2, -0.15) is 5.10 Å². The summed E-state index contributed by atoms with van der Waals surface area (Å²) in [5.74, 6) is -0.291. The third kappa shape index (κ3) is 3.63. The quantitative estimate of drug-likeness (QED) is 0.741. The molecule has 1 heterocycles. The number of nitrogens with zero attached hydrogens (tertiary/aromatic N) is 1. The Morgan fingerprint density at radius 1 is 1.23 bits per heavy atom. The standard InChI is InChI=1S/C15H18N4O3/c1-9-5-4-6-13(10(9)2)22-11(3)14(20)18-19-15(21)12-7-8-16-17-12/h4-8,11H,1-3H3,(H,16,17)(H,18,20)(H,19,21). The van der Waals surface area contributed by atoms with E-state index in [4.69, 9.17) is 4.74 Å². The highest BCUT2D eigenvalue weighted by Crippen LogP contribution is 2.21. The molecule has 2 aromatic rings. The molecule has 3 N–H and O–H groups in total. The molecule has 0 bridgehead atoms. The minimum atomic E-state index is -0.748. The number of carbonyl (C=O) groups excluding carboxylic acids is 2. The van der Waals surface area contributed by atoms with Crippen LogP contribution in [0.5, 0.6) is 5.75 Å². The maximum atomic E-state index is 11.9. The van der Waals surface area contributed by atoms with Gasteiger partial charge in [-0.05, 0) is 44.0 Å². The number of nitrogens with one attached hydrogen (secondary N) is 3. The minimum Gasteiger partial charge on any atom is -0.481 e. The summed E-state index contributed by atoms with van der Waals surface area (Å²) >= 11 is 0. The minimum absolute atomic E-state index is 0.253. The van der Waals surface area contributed by atoms with Crippen LogP contribution >= 0.6 is 0 Å². The van der Waals surface area contributed by atoms with E-state index in [0.29, 0.717) is 5.75 Å². The summed E-state index contributed by atoms with van der Waals surface area (Å²) in [6.07, 6.45) is 0.700. The number of hydrogen-bond acceptors (Lipinski definition) is 4. The third-order valence-corrected chi connectivity index (χ3v) is 3.27. The van der Waals surface area contributed by atoms with Crippen LogP contribution in [0.1, 0.15) is 28.5 Å². The van der Waals surface area contributed by atoms with Crippen LogP contribution in [-0.4, -0.2) is 28.1 Å². The number of aromatic nitrogens is 2. The number of hydrazine groups is 1. The van der Waals surface area contributed by atoms with Crippen molar-refractivity contribution in [2.24, 2.45) is 0 Å². The monoisotopic (exact) mass is 302 g/mol. The molecule has 0 aliphatic rings. The van der Waals surface area contributed by atoms with Crippen LogP contribution in [0, 0.1) is 13.8 Å². The molecule has 7 nitrogen and oxygen atoms in total. The van der Waals surface area contributed by atoms with Crippen molar-refractivity contribution in [2.75, 3.05) is 0 Å². The van der Waals surface area contributed by atoms with Gasteiger partial charge in [0.2, 0.25) is 0 Å². The fourth-order valence-corrected chi connectivity index (χ4v) is 1.77. The second-order valence-corrected chi connectivity index (χ2v) is 4.87. The van der Waals surface area contributed by atoms with Crippen molar-refractivity contribution in [3.63, 3.8) is 0 Å². The van der Waals surface area contributed by atoms with E-state index in [1.165, 1.54) is 12.3 Å². The molecule has 1 unspecified atom stereocenters. The predicted molar refractivity (Wildman–Crippen MR) is 80.2 cm³/mol. The number of benzene rings is 1. The number of aryl methyl sites for hydroxylation is 1. The Morgan fingerprint density at radius 3 is 2.68 bits per heavy atom. The molecule has 2 amide bonds. The second-order valence-electron chi connectivity index (χ2n) is 4.87. The molecule has 0 spiro atoms. The number of carbonyl (C=O) groups is 2. The molecule has 0 saturated carbocycles. The van der Waals surface area contributed by atoms with E-state index in [1.54, 1.807) is 13.0 Å². The van der Waals surface area contributed by atoms with Crippen molar-refractivity contribution in [1.82, 2.24) is 21.0 Å². The fourth-order valence-electron chi connectivity index (χ4n) is 1.77. The van der Waals surface area contributed by atoms with Gasteiger partial charge < -0.3 is 4.74 Å². The highest BCUT2D eigenvalue weighted by molar-refractivity contribution is 5.94. The van der Waals surface area contributed by atoms with Crippen LogP contribution in [0.2, 0.25) is 0 Å². The topological polar surface area (TPSA) is 96.1 Å². The SMILES string of the molecule is Cc1cccc(OC(C)C(=O)NNC(=O)c2ccn[nH]2)c1C. The molecular formula is C15H18N4O3. The van der Waals surface area contributed by atoms with Gasteiger partial charge >= 0.3 is 0 Å². The zero-order valence-corrected chi connectivity index (χ0v) is 12.6. The van der Waals surface area contributed by atoms with Gasteiger partial charge in [-0.15, -0.1) is 0 Å². The Balaban J connectivity index is 1.89. The van der Waals surface area contributed by atoms with E-state index < -0.39 is 17.9 Å². The lowest BCUT2D eigenvalue weighted by Crippen LogP contribution is -2.47. The van der Waals surface area contributed by atoms with Crippen LogP contribution < -0.4 is 15.6 Å². The number of amides is 2. The highest BCUT2D eigenvalue weighted by atomic mass is 16.5. The van der Waals surface area contributed by atoms with Crippen molar-refractivity contribution in [2.45, 2.75) is 26.9 Å². The first-order chi connectivity index (χ1) is 10.5. The third-order valence-electron chi connectivity index (χ3n) is 3.27. The van der Waals surface area contributed by atoms with Crippen molar-refractivity contribution in [3.8, 4) is 5.75 Å². The van der Waals surface area contributed by atoms with Crippen LogP contribution in [0.15, 0.2) is 30.5 Å². The lowest BCUT2D eigenvalue weighted by molar-refractivity contribution is -0.128. The maximum Gasteiger partial charge on any atom is 0.287 e. The Kier molecular flexibility index (Phi) is 4.77. The Morgan fingerprint density at radius 2 is 2.00 bits per heavy atom. The van der Waals surface area contributed by atoms with E-state index in [0.717, 1.165) is 11.1 Å². The van der Waals surface area contributed by atoms with E-state index >= 15 is 0 Å². The van der Waals surface area contributed by atoms with E-state index in [2.05, 4.69) is 21.0 Å². The van der Waals surface area contributed by atoms with Crippen LogP contribution in [0.4, 0.5) is 0 Å². The molecule has 116 valence electrons. The zero-order valence-electron chi connectivity index (χ0n) is 12.6.